The number of hydrogen-bond donors (Lipinski definition) is 1. The van der Waals surface area contributed by atoms with Crippen molar-refractivity contribution in [1.82, 2.24) is 0 Å². The van der Waals surface area contributed by atoms with E-state index in [4.69, 9.17) is 4.74 Å². The molecule has 0 bridgehead atoms. The molecule has 1 saturated heterocycles. The SMILES string of the molecule is CC(C)(C)C1O[C@@H](C(C)(C)C)C(O)[C@@H](C(C)(C)C)[C@@H]1C(C)(C)C. The van der Waals surface area contributed by atoms with E-state index in [1.54, 1.807) is 0 Å². The van der Waals surface area contributed by atoms with Gasteiger partial charge in [0.25, 0.3) is 0 Å². The molecule has 0 amide bonds. The minimum absolute atomic E-state index is 0.0359. The maximum atomic E-state index is 11.3. The number of rotatable bonds is 0. The summed E-state index contributed by atoms with van der Waals surface area (Å²) in [6.07, 6.45) is -0.424. The van der Waals surface area contributed by atoms with Gasteiger partial charge < -0.3 is 9.84 Å². The molecule has 138 valence electrons. The van der Waals surface area contributed by atoms with Crippen LogP contribution in [0.4, 0.5) is 0 Å². The Morgan fingerprint density at radius 2 is 0.870 bits per heavy atom. The van der Waals surface area contributed by atoms with Crippen molar-refractivity contribution in [3.05, 3.63) is 0 Å². The van der Waals surface area contributed by atoms with Crippen molar-refractivity contribution in [2.45, 2.75) is 101 Å². The van der Waals surface area contributed by atoms with Crippen molar-refractivity contribution in [2.75, 3.05) is 0 Å². The Labute approximate surface area is 145 Å². The molecule has 2 heteroatoms. The number of aliphatic hydroxyl groups is 1. The Morgan fingerprint density at radius 1 is 0.522 bits per heavy atom. The molecule has 0 aliphatic carbocycles. The standard InChI is InChI=1S/C21H42O2/c1-18(2,3)13-14(19(4,5)6)16(20(7,8)9)23-17(15(13)22)21(10,11)12/h13-17,22H,1-12H3/t13-,14-,15?,16?,17+/m0/s1. The van der Waals surface area contributed by atoms with Gasteiger partial charge in [0.1, 0.15) is 0 Å². The summed E-state index contributed by atoms with van der Waals surface area (Å²) in [7, 11) is 0. The van der Waals surface area contributed by atoms with E-state index in [-0.39, 0.29) is 39.8 Å². The molecule has 2 unspecified atom stereocenters. The van der Waals surface area contributed by atoms with Crippen LogP contribution in [0, 0.1) is 33.5 Å². The Bertz CT molecular complexity index is 398. The third-order valence-electron chi connectivity index (χ3n) is 5.39. The lowest BCUT2D eigenvalue weighted by Crippen LogP contribution is -2.63. The molecule has 0 spiro atoms. The van der Waals surface area contributed by atoms with E-state index >= 15 is 0 Å². The second-order valence-electron chi connectivity index (χ2n) is 12.0. The van der Waals surface area contributed by atoms with Crippen LogP contribution < -0.4 is 0 Å². The van der Waals surface area contributed by atoms with Crippen LogP contribution in [0.5, 0.6) is 0 Å². The molecule has 1 aliphatic heterocycles. The largest absolute Gasteiger partial charge is 0.390 e. The second-order valence-corrected chi connectivity index (χ2v) is 12.0. The predicted octanol–water partition coefficient (Wildman–Crippen LogP) is 5.53. The molecule has 0 aromatic carbocycles. The highest BCUT2D eigenvalue weighted by molar-refractivity contribution is 5.05. The average molecular weight is 327 g/mol. The highest BCUT2D eigenvalue weighted by atomic mass is 16.5. The summed E-state index contributed by atoms with van der Waals surface area (Å²) in [6, 6.07) is 0. The molecule has 1 aliphatic rings. The summed E-state index contributed by atoms with van der Waals surface area (Å²) in [5.41, 5.74) is 0.0915. The molecule has 23 heavy (non-hydrogen) atoms. The number of hydrogen-bond acceptors (Lipinski definition) is 2. The van der Waals surface area contributed by atoms with Crippen LogP contribution in [-0.4, -0.2) is 23.4 Å². The van der Waals surface area contributed by atoms with E-state index < -0.39 is 6.10 Å². The summed E-state index contributed by atoms with van der Waals surface area (Å²) in [5.74, 6) is 0.529. The van der Waals surface area contributed by atoms with Crippen LogP contribution in [0.2, 0.25) is 0 Å². The molecule has 0 aromatic heterocycles. The van der Waals surface area contributed by atoms with Crippen molar-refractivity contribution >= 4 is 0 Å². The smallest absolute Gasteiger partial charge is 0.0889 e. The monoisotopic (exact) mass is 326 g/mol. The lowest BCUT2D eigenvalue weighted by atomic mass is 9.54. The molecule has 0 saturated carbocycles. The Morgan fingerprint density at radius 3 is 1.13 bits per heavy atom. The zero-order valence-electron chi connectivity index (χ0n) is 17.7. The highest BCUT2D eigenvalue weighted by Crippen LogP contribution is 2.54. The van der Waals surface area contributed by atoms with Crippen LogP contribution in [-0.2, 0) is 4.74 Å². The first-order valence-corrected chi connectivity index (χ1v) is 9.22. The fraction of sp³-hybridized carbons (Fsp3) is 1.00. The summed E-state index contributed by atoms with van der Waals surface area (Å²) >= 11 is 0. The minimum atomic E-state index is -0.433. The second kappa shape index (κ2) is 6.02. The van der Waals surface area contributed by atoms with Crippen molar-refractivity contribution in [3.63, 3.8) is 0 Å². The third-order valence-corrected chi connectivity index (χ3v) is 5.39. The van der Waals surface area contributed by atoms with Gasteiger partial charge >= 0.3 is 0 Å². The highest BCUT2D eigenvalue weighted by Gasteiger charge is 2.57. The number of aliphatic hydroxyl groups excluding tert-OH is 1. The van der Waals surface area contributed by atoms with Gasteiger partial charge in [0.05, 0.1) is 18.3 Å². The Kier molecular flexibility index (Phi) is 5.49. The van der Waals surface area contributed by atoms with Crippen LogP contribution >= 0.6 is 0 Å². The van der Waals surface area contributed by atoms with Gasteiger partial charge in [-0.3, -0.25) is 0 Å². The van der Waals surface area contributed by atoms with Crippen molar-refractivity contribution in [1.29, 1.82) is 0 Å². The van der Waals surface area contributed by atoms with Gasteiger partial charge in [-0.15, -0.1) is 0 Å². The van der Waals surface area contributed by atoms with Crippen molar-refractivity contribution < 1.29 is 9.84 Å². The van der Waals surface area contributed by atoms with Gasteiger partial charge in [-0.25, -0.2) is 0 Å². The molecular weight excluding hydrogens is 284 g/mol. The van der Waals surface area contributed by atoms with E-state index in [2.05, 4.69) is 83.1 Å². The summed E-state index contributed by atoms with van der Waals surface area (Å²) < 4.78 is 6.64. The third kappa shape index (κ3) is 4.51. The molecule has 5 atom stereocenters. The van der Waals surface area contributed by atoms with Crippen molar-refractivity contribution in [2.24, 2.45) is 33.5 Å². The fourth-order valence-electron chi connectivity index (χ4n) is 4.42. The van der Waals surface area contributed by atoms with Crippen LogP contribution in [0.3, 0.4) is 0 Å². The van der Waals surface area contributed by atoms with Gasteiger partial charge in [0.2, 0.25) is 0 Å². The maximum Gasteiger partial charge on any atom is 0.0889 e. The minimum Gasteiger partial charge on any atom is -0.390 e. The predicted molar refractivity (Wildman–Crippen MR) is 99.5 cm³/mol. The summed E-state index contributed by atoms with van der Waals surface area (Å²) in [6.45, 7) is 27.0. The van der Waals surface area contributed by atoms with E-state index in [1.807, 2.05) is 0 Å². The first-order chi connectivity index (χ1) is 9.88. The molecule has 1 heterocycles. The first-order valence-electron chi connectivity index (χ1n) is 9.22. The molecule has 1 rings (SSSR count). The summed E-state index contributed by atoms with van der Waals surface area (Å²) in [5, 5.41) is 11.3. The lowest BCUT2D eigenvalue weighted by molar-refractivity contribution is -0.264. The molecule has 1 N–H and O–H groups in total. The van der Waals surface area contributed by atoms with Crippen LogP contribution in [0.25, 0.3) is 0 Å². The molecule has 2 nitrogen and oxygen atoms in total. The Hall–Kier alpha value is -0.0800. The van der Waals surface area contributed by atoms with Gasteiger partial charge in [-0.05, 0) is 33.5 Å². The Balaban J connectivity index is 3.51. The van der Waals surface area contributed by atoms with E-state index in [9.17, 15) is 5.11 Å². The summed E-state index contributed by atoms with van der Waals surface area (Å²) in [4.78, 5) is 0. The number of ether oxygens (including phenoxy) is 1. The van der Waals surface area contributed by atoms with Gasteiger partial charge in [-0.1, -0.05) is 83.1 Å². The van der Waals surface area contributed by atoms with Crippen LogP contribution in [0.15, 0.2) is 0 Å². The van der Waals surface area contributed by atoms with Crippen LogP contribution in [0.1, 0.15) is 83.1 Å². The fourth-order valence-corrected chi connectivity index (χ4v) is 4.42. The van der Waals surface area contributed by atoms with Gasteiger partial charge in [0.15, 0.2) is 0 Å². The molecular formula is C21H42O2. The van der Waals surface area contributed by atoms with E-state index in [0.29, 0.717) is 5.92 Å². The zero-order chi connectivity index (χ0) is 18.6. The maximum absolute atomic E-state index is 11.3. The van der Waals surface area contributed by atoms with E-state index in [1.165, 1.54) is 0 Å². The topological polar surface area (TPSA) is 29.5 Å². The molecule has 0 radical (unpaired) electrons. The van der Waals surface area contributed by atoms with Gasteiger partial charge in [0, 0.05) is 0 Å². The normalized spacial score (nSPS) is 34.6. The quantitative estimate of drug-likeness (QED) is 0.634. The average Bonchev–Trinajstić information content (AvgIpc) is 2.21. The molecule has 1 fully saturated rings. The zero-order valence-corrected chi connectivity index (χ0v) is 17.7. The van der Waals surface area contributed by atoms with Crippen molar-refractivity contribution in [3.8, 4) is 0 Å². The first kappa shape index (κ1) is 21.0. The van der Waals surface area contributed by atoms with Gasteiger partial charge in [-0.2, -0.15) is 0 Å². The molecule has 0 aromatic rings. The lowest BCUT2D eigenvalue weighted by Gasteiger charge is -2.59. The van der Waals surface area contributed by atoms with E-state index in [0.717, 1.165) is 0 Å².